The zero-order chi connectivity index (χ0) is 22.3. The summed E-state index contributed by atoms with van der Waals surface area (Å²) in [6.07, 6.45) is 0.709. The van der Waals surface area contributed by atoms with E-state index >= 15 is 0 Å². The van der Waals surface area contributed by atoms with Gasteiger partial charge < -0.3 is 5.32 Å². The highest BCUT2D eigenvalue weighted by Gasteiger charge is 2.42. The Labute approximate surface area is 190 Å². The number of alkyl halides is 3. The van der Waals surface area contributed by atoms with Crippen molar-refractivity contribution in [3.63, 3.8) is 0 Å². The molecule has 164 valence electrons. The second kappa shape index (κ2) is 8.36. The van der Waals surface area contributed by atoms with E-state index < -0.39 is 11.7 Å². The SMILES string of the molecule is Cc1cc(CSc2ccccc2)cc2c1N[C@H](c1ccccc1C(F)(F)F)[C@H]1CC=C[C@@H]21. The Kier molecular flexibility index (Phi) is 5.54. The third-order valence-electron chi connectivity index (χ3n) is 6.48. The fourth-order valence-electron chi connectivity index (χ4n) is 5.06. The van der Waals surface area contributed by atoms with Crippen LogP contribution in [0.3, 0.4) is 0 Å². The van der Waals surface area contributed by atoms with Gasteiger partial charge in [0.25, 0.3) is 0 Å². The molecule has 5 heteroatoms. The first-order valence-corrected chi connectivity index (χ1v) is 11.8. The quantitative estimate of drug-likeness (QED) is 0.317. The van der Waals surface area contributed by atoms with E-state index in [4.69, 9.17) is 0 Å². The maximum atomic E-state index is 13.8. The number of fused-ring (bicyclic) bond motifs is 3. The molecule has 32 heavy (non-hydrogen) atoms. The van der Waals surface area contributed by atoms with Crippen molar-refractivity contribution < 1.29 is 13.2 Å². The number of anilines is 1. The Bertz CT molecular complexity index is 1150. The van der Waals surface area contributed by atoms with Crippen LogP contribution in [0.25, 0.3) is 0 Å². The summed E-state index contributed by atoms with van der Waals surface area (Å²) in [5, 5.41) is 3.52. The van der Waals surface area contributed by atoms with E-state index in [1.54, 1.807) is 23.9 Å². The third kappa shape index (κ3) is 3.95. The minimum absolute atomic E-state index is 0.0717. The van der Waals surface area contributed by atoms with Gasteiger partial charge in [0.2, 0.25) is 0 Å². The average molecular weight is 452 g/mol. The highest BCUT2D eigenvalue weighted by Crippen LogP contribution is 2.52. The molecule has 0 fully saturated rings. The lowest BCUT2D eigenvalue weighted by Gasteiger charge is -2.39. The molecule has 0 radical (unpaired) electrons. The van der Waals surface area contributed by atoms with Crippen LogP contribution in [-0.4, -0.2) is 0 Å². The molecule has 1 aliphatic carbocycles. The number of benzene rings is 3. The number of hydrogen-bond acceptors (Lipinski definition) is 2. The number of hydrogen-bond donors (Lipinski definition) is 1. The molecule has 1 heterocycles. The molecule has 3 aromatic carbocycles. The minimum atomic E-state index is -4.37. The number of allylic oxidation sites excluding steroid dienone is 2. The zero-order valence-corrected chi connectivity index (χ0v) is 18.5. The second-order valence-electron chi connectivity index (χ2n) is 8.54. The van der Waals surface area contributed by atoms with Crippen LogP contribution < -0.4 is 5.32 Å². The Hall–Kier alpha value is -2.66. The van der Waals surface area contributed by atoms with Gasteiger partial charge in [-0.3, -0.25) is 0 Å². The molecule has 0 unspecified atom stereocenters. The van der Waals surface area contributed by atoms with E-state index in [1.807, 2.05) is 25.1 Å². The van der Waals surface area contributed by atoms with Crippen molar-refractivity contribution in [2.75, 3.05) is 5.32 Å². The van der Waals surface area contributed by atoms with Gasteiger partial charge in [-0.25, -0.2) is 0 Å². The number of nitrogens with one attached hydrogen (secondary N) is 1. The topological polar surface area (TPSA) is 12.0 Å². The van der Waals surface area contributed by atoms with Crippen molar-refractivity contribution in [1.29, 1.82) is 0 Å². The summed E-state index contributed by atoms with van der Waals surface area (Å²) in [5.41, 5.74) is 4.30. The Balaban J connectivity index is 1.50. The normalized spacial score (nSPS) is 21.7. The highest BCUT2D eigenvalue weighted by atomic mass is 32.2. The van der Waals surface area contributed by atoms with E-state index in [2.05, 4.69) is 41.7 Å². The van der Waals surface area contributed by atoms with Crippen LogP contribution in [0.5, 0.6) is 0 Å². The van der Waals surface area contributed by atoms with Crippen LogP contribution in [0.15, 0.2) is 83.8 Å². The lowest BCUT2D eigenvalue weighted by atomic mass is 9.75. The first kappa shape index (κ1) is 21.2. The fraction of sp³-hybridized carbons (Fsp3) is 0.259. The molecule has 0 spiro atoms. The Morgan fingerprint density at radius 2 is 1.72 bits per heavy atom. The van der Waals surface area contributed by atoms with Crippen LogP contribution in [0.4, 0.5) is 18.9 Å². The molecule has 0 aromatic heterocycles. The number of aryl methyl sites for hydroxylation is 1. The fourth-order valence-corrected chi connectivity index (χ4v) is 5.91. The lowest BCUT2D eigenvalue weighted by molar-refractivity contribution is -0.138. The molecule has 2 aliphatic rings. The Morgan fingerprint density at radius 3 is 2.50 bits per heavy atom. The smallest absolute Gasteiger partial charge is 0.377 e. The van der Waals surface area contributed by atoms with E-state index in [9.17, 15) is 13.2 Å². The van der Waals surface area contributed by atoms with E-state index in [0.717, 1.165) is 23.4 Å². The monoisotopic (exact) mass is 451 g/mol. The van der Waals surface area contributed by atoms with Crippen molar-refractivity contribution in [2.45, 2.75) is 42.1 Å². The Morgan fingerprint density at radius 1 is 0.969 bits per heavy atom. The average Bonchev–Trinajstić information content (AvgIpc) is 3.28. The maximum absolute atomic E-state index is 13.8. The predicted molar refractivity (Wildman–Crippen MR) is 125 cm³/mol. The summed E-state index contributed by atoms with van der Waals surface area (Å²) in [7, 11) is 0. The summed E-state index contributed by atoms with van der Waals surface area (Å²) < 4.78 is 41.3. The zero-order valence-electron chi connectivity index (χ0n) is 17.7. The van der Waals surface area contributed by atoms with Crippen molar-refractivity contribution in [1.82, 2.24) is 0 Å². The number of thioether (sulfide) groups is 1. The van der Waals surface area contributed by atoms with Gasteiger partial charge in [-0.1, -0.05) is 60.7 Å². The first-order valence-electron chi connectivity index (χ1n) is 10.8. The predicted octanol–water partition coefficient (Wildman–Crippen LogP) is 8.13. The van der Waals surface area contributed by atoms with E-state index in [1.165, 1.54) is 28.2 Å². The van der Waals surface area contributed by atoms with E-state index in [0.29, 0.717) is 5.56 Å². The van der Waals surface area contributed by atoms with Gasteiger partial charge in [-0.05, 0) is 59.7 Å². The van der Waals surface area contributed by atoms with E-state index in [-0.39, 0.29) is 17.9 Å². The molecular formula is C27H24F3NS. The number of halogens is 3. The van der Waals surface area contributed by atoms with Crippen molar-refractivity contribution in [3.05, 3.63) is 107 Å². The molecule has 0 bridgehead atoms. The van der Waals surface area contributed by atoms with Gasteiger partial charge in [0.15, 0.2) is 0 Å². The van der Waals surface area contributed by atoms with Gasteiger partial charge in [0.05, 0.1) is 11.6 Å². The molecule has 0 saturated heterocycles. The maximum Gasteiger partial charge on any atom is 0.416 e. The standard InChI is InChI=1S/C27H24F3NS/c1-17-14-18(16-32-19-8-3-2-4-9-19)15-23-20-11-7-12-21(20)26(31-25(17)23)22-10-5-6-13-24(22)27(28,29)30/h2-11,13-15,20-21,26,31H,12,16H2,1H3/t20-,21+,26+/m1/s1. The first-order chi connectivity index (χ1) is 15.4. The summed E-state index contributed by atoms with van der Waals surface area (Å²) >= 11 is 1.80. The highest BCUT2D eigenvalue weighted by molar-refractivity contribution is 7.98. The molecule has 1 nitrogen and oxygen atoms in total. The summed E-state index contributed by atoms with van der Waals surface area (Å²) in [6.45, 7) is 2.05. The van der Waals surface area contributed by atoms with Crippen molar-refractivity contribution in [2.24, 2.45) is 5.92 Å². The molecule has 3 aromatic rings. The molecule has 0 saturated carbocycles. The van der Waals surface area contributed by atoms with Crippen molar-refractivity contribution in [3.8, 4) is 0 Å². The minimum Gasteiger partial charge on any atom is -0.377 e. The molecule has 5 rings (SSSR count). The van der Waals surface area contributed by atoms with Gasteiger partial charge in [0, 0.05) is 22.3 Å². The summed E-state index contributed by atoms with van der Waals surface area (Å²) in [4.78, 5) is 1.23. The molecule has 3 atom stereocenters. The second-order valence-corrected chi connectivity index (χ2v) is 9.59. The van der Waals surface area contributed by atoms with Crippen molar-refractivity contribution >= 4 is 17.4 Å². The van der Waals surface area contributed by atoms with Gasteiger partial charge in [-0.2, -0.15) is 13.2 Å². The largest absolute Gasteiger partial charge is 0.416 e. The van der Waals surface area contributed by atoms with Crippen LogP contribution in [-0.2, 0) is 11.9 Å². The summed E-state index contributed by atoms with van der Waals surface area (Å²) in [5.74, 6) is 1.06. The van der Waals surface area contributed by atoms with Gasteiger partial charge in [0.1, 0.15) is 0 Å². The lowest BCUT2D eigenvalue weighted by Crippen LogP contribution is -2.31. The summed E-state index contributed by atoms with van der Waals surface area (Å²) in [6, 6.07) is 20.3. The molecule has 0 amide bonds. The van der Waals surface area contributed by atoms with Crippen LogP contribution in [0.1, 0.15) is 46.2 Å². The van der Waals surface area contributed by atoms with Gasteiger partial charge in [-0.15, -0.1) is 11.8 Å². The third-order valence-corrected chi connectivity index (χ3v) is 7.56. The number of rotatable bonds is 4. The van der Waals surface area contributed by atoms with Crippen LogP contribution >= 0.6 is 11.8 Å². The molecule has 1 aliphatic heterocycles. The van der Waals surface area contributed by atoms with Crippen LogP contribution in [0.2, 0.25) is 0 Å². The van der Waals surface area contributed by atoms with Gasteiger partial charge >= 0.3 is 6.18 Å². The van der Waals surface area contributed by atoms with Crippen LogP contribution in [0, 0.1) is 12.8 Å². The molecule has 1 N–H and O–H groups in total. The molecular weight excluding hydrogens is 427 g/mol.